The molecular formula is C20H26N6O2S. The highest BCUT2D eigenvalue weighted by molar-refractivity contribution is 7.06. The third-order valence-electron chi connectivity index (χ3n) is 6.45. The van der Waals surface area contributed by atoms with Crippen LogP contribution in [-0.2, 0) is 4.74 Å². The van der Waals surface area contributed by atoms with Crippen molar-refractivity contribution in [3.05, 3.63) is 29.0 Å². The predicted molar refractivity (Wildman–Crippen MR) is 109 cm³/mol. The second-order valence-electron chi connectivity index (χ2n) is 8.48. The number of hydrogen-bond donors (Lipinski definition) is 1. The molecule has 0 aromatic carbocycles. The van der Waals surface area contributed by atoms with Crippen LogP contribution in [0.4, 0.5) is 5.95 Å². The molecule has 2 aromatic rings. The Morgan fingerprint density at radius 2 is 2.00 bits per heavy atom. The standard InChI is InChI=1S/C20H26N6O2S/c27-18(16-17(14-2-3-14)29-25-24-16)23-12-15-4-5-20(13-28-15)6-10-26(11-7-20)19-21-8-1-9-22-19/h1,8-9,14-15H,2-7,10-13H2,(H,23,27)/t15-/m1/s1. The average Bonchev–Trinajstić information content (AvgIpc) is 3.50. The Hall–Kier alpha value is -2.13. The minimum atomic E-state index is -0.110. The van der Waals surface area contributed by atoms with Crippen molar-refractivity contribution < 1.29 is 9.53 Å². The molecule has 29 heavy (non-hydrogen) atoms. The van der Waals surface area contributed by atoms with Crippen LogP contribution in [0.2, 0.25) is 0 Å². The number of amides is 1. The first-order valence-corrected chi connectivity index (χ1v) is 11.2. The Balaban J connectivity index is 1.09. The largest absolute Gasteiger partial charge is 0.376 e. The Kier molecular flexibility index (Phi) is 5.17. The number of nitrogens with zero attached hydrogens (tertiary/aromatic N) is 5. The number of anilines is 1. The summed E-state index contributed by atoms with van der Waals surface area (Å²) in [4.78, 5) is 24.5. The maximum Gasteiger partial charge on any atom is 0.273 e. The van der Waals surface area contributed by atoms with E-state index in [-0.39, 0.29) is 17.4 Å². The summed E-state index contributed by atoms with van der Waals surface area (Å²) in [5.74, 6) is 1.20. The minimum Gasteiger partial charge on any atom is -0.376 e. The fourth-order valence-corrected chi connectivity index (χ4v) is 5.18. The lowest BCUT2D eigenvalue weighted by molar-refractivity contribution is -0.0700. The molecule has 4 heterocycles. The molecule has 1 atom stereocenters. The molecule has 8 nitrogen and oxygen atoms in total. The number of rotatable bonds is 5. The summed E-state index contributed by atoms with van der Waals surface area (Å²) >= 11 is 1.36. The van der Waals surface area contributed by atoms with Gasteiger partial charge in [0, 0.05) is 32.0 Å². The molecule has 154 valence electrons. The highest BCUT2D eigenvalue weighted by Gasteiger charge is 2.39. The van der Waals surface area contributed by atoms with Crippen molar-refractivity contribution in [1.82, 2.24) is 24.9 Å². The summed E-state index contributed by atoms with van der Waals surface area (Å²) in [6, 6.07) is 1.85. The molecule has 5 rings (SSSR count). The summed E-state index contributed by atoms with van der Waals surface area (Å²) in [6.07, 6.45) is 10.3. The summed E-state index contributed by atoms with van der Waals surface area (Å²) < 4.78 is 10.1. The van der Waals surface area contributed by atoms with Gasteiger partial charge in [-0.05, 0) is 67.5 Å². The molecule has 0 radical (unpaired) electrons. The van der Waals surface area contributed by atoms with Crippen LogP contribution in [0.5, 0.6) is 0 Å². The molecule has 1 spiro atoms. The van der Waals surface area contributed by atoms with Crippen LogP contribution in [0, 0.1) is 5.41 Å². The average molecular weight is 415 g/mol. The first-order chi connectivity index (χ1) is 14.2. The lowest BCUT2D eigenvalue weighted by Crippen LogP contribution is -2.48. The smallest absolute Gasteiger partial charge is 0.273 e. The van der Waals surface area contributed by atoms with Crippen molar-refractivity contribution in [2.75, 3.05) is 31.1 Å². The molecule has 3 aliphatic rings. The van der Waals surface area contributed by atoms with E-state index in [1.807, 2.05) is 6.07 Å². The molecule has 1 saturated carbocycles. The number of aromatic nitrogens is 4. The van der Waals surface area contributed by atoms with Gasteiger partial charge in [-0.2, -0.15) is 0 Å². The number of hydrogen-bond acceptors (Lipinski definition) is 8. The quantitative estimate of drug-likeness (QED) is 0.803. The van der Waals surface area contributed by atoms with E-state index in [4.69, 9.17) is 4.74 Å². The van der Waals surface area contributed by atoms with Gasteiger partial charge in [0.2, 0.25) is 5.95 Å². The van der Waals surface area contributed by atoms with Crippen LogP contribution in [0.3, 0.4) is 0 Å². The van der Waals surface area contributed by atoms with Crippen molar-refractivity contribution in [3.63, 3.8) is 0 Å². The van der Waals surface area contributed by atoms with Crippen molar-refractivity contribution >= 4 is 23.4 Å². The van der Waals surface area contributed by atoms with Crippen LogP contribution >= 0.6 is 11.5 Å². The van der Waals surface area contributed by atoms with Crippen LogP contribution in [0.1, 0.15) is 59.8 Å². The molecule has 1 amide bonds. The Labute approximate surface area is 174 Å². The van der Waals surface area contributed by atoms with Gasteiger partial charge in [0.25, 0.3) is 5.91 Å². The Bertz CT molecular complexity index is 838. The number of nitrogens with one attached hydrogen (secondary N) is 1. The third-order valence-corrected chi connectivity index (χ3v) is 7.33. The van der Waals surface area contributed by atoms with Gasteiger partial charge in [0.1, 0.15) is 0 Å². The second kappa shape index (κ2) is 7.95. The van der Waals surface area contributed by atoms with Gasteiger partial charge >= 0.3 is 0 Å². The van der Waals surface area contributed by atoms with E-state index in [0.717, 1.165) is 69.0 Å². The van der Waals surface area contributed by atoms with E-state index < -0.39 is 0 Å². The van der Waals surface area contributed by atoms with E-state index in [1.165, 1.54) is 11.5 Å². The zero-order chi connectivity index (χ0) is 19.7. The van der Waals surface area contributed by atoms with E-state index >= 15 is 0 Å². The van der Waals surface area contributed by atoms with Crippen molar-refractivity contribution in [2.45, 2.75) is 50.5 Å². The summed E-state index contributed by atoms with van der Waals surface area (Å²) in [6.45, 7) is 3.24. The molecule has 9 heteroatoms. The van der Waals surface area contributed by atoms with E-state index in [2.05, 4.69) is 29.8 Å². The van der Waals surface area contributed by atoms with Gasteiger partial charge in [-0.3, -0.25) is 4.79 Å². The van der Waals surface area contributed by atoms with Crippen molar-refractivity contribution in [1.29, 1.82) is 0 Å². The first-order valence-electron chi connectivity index (χ1n) is 10.5. The molecule has 1 aliphatic carbocycles. The molecule has 2 aliphatic heterocycles. The van der Waals surface area contributed by atoms with E-state index in [1.54, 1.807) is 12.4 Å². The normalized spacial score (nSPS) is 23.9. The lowest BCUT2D eigenvalue weighted by Gasteiger charge is -2.45. The second-order valence-corrected chi connectivity index (χ2v) is 9.26. The van der Waals surface area contributed by atoms with Gasteiger partial charge in [-0.25, -0.2) is 9.97 Å². The SMILES string of the molecule is O=C(NC[C@H]1CCC2(CCN(c3ncccn3)CC2)CO1)c1nnsc1C1CC1. The summed E-state index contributed by atoms with van der Waals surface area (Å²) in [5.41, 5.74) is 0.768. The van der Waals surface area contributed by atoms with Gasteiger partial charge in [0.05, 0.1) is 17.6 Å². The van der Waals surface area contributed by atoms with Crippen molar-refractivity contribution in [2.24, 2.45) is 5.41 Å². The summed E-state index contributed by atoms with van der Waals surface area (Å²) in [5, 5.41) is 7.06. The molecule has 3 fully saturated rings. The van der Waals surface area contributed by atoms with Gasteiger partial charge in [-0.1, -0.05) is 4.49 Å². The van der Waals surface area contributed by atoms with Crippen molar-refractivity contribution in [3.8, 4) is 0 Å². The molecule has 2 saturated heterocycles. The topological polar surface area (TPSA) is 93.1 Å². The summed E-state index contributed by atoms with van der Waals surface area (Å²) in [7, 11) is 0. The number of carbonyl (C=O) groups is 1. The Morgan fingerprint density at radius 3 is 2.69 bits per heavy atom. The van der Waals surface area contributed by atoms with Crippen LogP contribution in [0.25, 0.3) is 0 Å². The van der Waals surface area contributed by atoms with E-state index in [9.17, 15) is 4.79 Å². The van der Waals surface area contributed by atoms with Crippen LogP contribution in [0.15, 0.2) is 18.5 Å². The van der Waals surface area contributed by atoms with Gasteiger partial charge in [0.15, 0.2) is 5.69 Å². The maximum absolute atomic E-state index is 12.5. The third kappa shape index (κ3) is 4.11. The Morgan fingerprint density at radius 1 is 1.21 bits per heavy atom. The highest BCUT2D eigenvalue weighted by atomic mass is 32.1. The number of carbonyl (C=O) groups excluding carboxylic acids is 1. The molecule has 1 N–H and O–H groups in total. The molecule has 2 aromatic heterocycles. The fourth-order valence-electron chi connectivity index (χ4n) is 4.37. The van der Waals surface area contributed by atoms with E-state index in [0.29, 0.717) is 18.2 Å². The number of ether oxygens (including phenoxy) is 1. The molecular weight excluding hydrogens is 388 g/mol. The zero-order valence-corrected chi connectivity index (χ0v) is 17.2. The maximum atomic E-state index is 12.5. The van der Waals surface area contributed by atoms with Gasteiger partial charge < -0.3 is 15.0 Å². The minimum absolute atomic E-state index is 0.0797. The zero-order valence-electron chi connectivity index (χ0n) is 16.4. The molecule has 0 unspecified atom stereocenters. The first kappa shape index (κ1) is 18.9. The van der Waals surface area contributed by atoms with Gasteiger partial charge in [-0.15, -0.1) is 5.10 Å². The monoisotopic (exact) mass is 414 g/mol. The highest BCUT2D eigenvalue weighted by Crippen LogP contribution is 2.43. The lowest BCUT2D eigenvalue weighted by atomic mass is 9.73. The fraction of sp³-hybridized carbons (Fsp3) is 0.650. The molecule has 0 bridgehead atoms. The number of piperidine rings is 1. The van der Waals surface area contributed by atoms with Crippen LogP contribution < -0.4 is 10.2 Å². The predicted octanol–water partition coefficient (Wildman–Crippen LogP) is 2.40. The van der Waals surface area contributed by atoms with Crippen LogP contribution in [-0.4, -0.2) is 57.8 Å².